The van der Waals surface area contributed by atoms with Crippen LogP contribution in [0.2, 0.25) is 0 Å². The van der Waals surface area contributed by atoms with Crippen LogP contribution in [-0.2, 0) is 9.53 Å². The molecular formula is C16H23NO4. The van der Waals surface area contributed by atoms with Gasteiger partial charge >= 0.3 is 5.97 Å². The van der Waals surface area contributed by atoms with Crippen molar-refractivity contribution < 1.29 is 19.4 Å². The number of nitrogens with one attached hydrogen (secondary N) is 1. The van der Waals surface area contributed by atoms with Crippen LogP contribution in [-0.4, -0.2) is 43.2 Å². The predicted octanol–water partition coefficient (Wildman–Crippen LogP) is 1.31. The van der Waals surface area contributed by atoms with Crippen molar-refractivity contribution in [3.05, 3.63) is 34.4 Å². The molecule has 0 saturated carbocycles. The molecule has 0 aliphatic heterocycles. The van der Waals surface area contributed by atoms with Crippen molar-refractivity contribution >= 4 is 11.8 Å². The largest absolute Gasteiger partial charge is 0.469 e. The molecule has 0 fully saturated rings. The SMILES string of the molecule is COC(=O)CC(NCCO)C(=O)c1c(C)cc(C)cc1C. The van der Waals surface area contributed by atoms with E-state index in [1.165, 1.54) is 7.11 Å². The molecular weight excluding hydrogens is 270 g/mol. The van der Waals surface area contributed by atoms with Gasteiger partial charge in [0.15, 0.2) is 5.78 Å². The zero-order chi connectivity index (χ0) is 16.0. The highest BCUT2D eigenvalue weighted by Crippen LogP contribution is 2.19. The minimum Gasteiger partial charge on any atom is -0.469 e. The number of aliphatic hydroxyl groups excluding tert-OH is 1. The van der Waals surface area contributed by atoms with E-state index in [1.54, 1.807) is 0 Å². The number of esters is 1. The fraction of sp³-hybridized carbons (Fsp3) is 0.500. The number of methoxy groups -OCH3 is 1. The molecule has 5 heteroatoms. The maximum absolute atomic E-state index is 12.7. The summed E-state index contributed by atoms with van der Waals surface area (Å²) in [5.74, 6) is -0.606. The number of aryl methyl sites for hydroxylation is 3. The standard InChI is InChI=1S/C16H23NO4/c1-10-7-11(2)15(12(3)8-10)16(20)13(17-5-6-18)9-14(19)21-4/h7-8,13,17-18H,5-6,9H2,1-4H3. The van der Waals surface area contributed by atoms with Crippen LogP contribution >= 0.6 is 0 Å². The first-order chi connectivity index (χ1) is 9.90. The van der Waals surface area contributed by atoms with Gasteiger partial charge in [-0.3, -0.25) is 9.59 Å². The molecule has 1 atom stereocenters. The second kappa shape index (κ2) is 7.90. The molecule has 0 aliphatic carbocycles. The van der Waals surface area contributed by atoms with Crippen molar-refractivity contribution in [1.29, 1.82) is 0 Å². The van der Waals surface area contributed by atoms with Crippen LogP contribution in [0.5, 0.6) is 0 Å². The van der Waals surface area contributed by atoms with Gasteiger partial charge in [0.25, 0.3) is 0 Å². The van der Waals surface area contributed by atoms with E-state index < -0.39 is 12.0 Å². The smallest absolute Gasteiger partial charge is 0.307 e. The predicted molar refractivity (Wildman–Crippen MR) is 80.5 cm³/mol. The summed E-state index contributed by atoms with van der Waals surface area (Å²) in [5.41, 5.74) is 3.49. The van der Waals surface area contributed by atoms with E-state index in [4.69, 9.17) is 5.11 Å². The summed E-state index contributed by atoms with van der Waals surface area (Å²) in [7, 11) is 1.29. The summed E-state index contributed by atoms with van der Waals surface area (Å²) < 4.78 is 4.63. The second-order valence-electron chi connectivity index (χ2n) is 5.15. The molecule has 1 aromatic rings. The van der Waals surface area contributed by atoms with Gasteiger partial charge in [0, 0.05) is 12.1 Å². The lowest BCUT2D eigenvalue weighted by Crippen LogP contribution is -2.41. The fourth-order valence-corrected chi connectivity index (χ4v) is 2.49. The molecule has 0 radical (unpaired) electrons. The van der Waals surface area contributed by atoms with E-state index in [0.29, 0.717) is 5.56 Å². The van der Waals surface area contributed by atoms with Gasteiger partial charge in [-0.05, 0) is 31.9 Å². The third-order valence-corrected chi connectivity index (χ3v) is 3.34. The number of carbonyl (C=O) groups is 2. The first-order valence-electron chi connectivity index (χ1n) is 6.93. The first-order valence-corrected chi connectivity index (χ1v) is 6.93. The molecule has 0 aliphatic rings. The summed E-state index contributed by atoms with van der Waals surface area (Å²) in [6.07, 6.45) is -0.0535. The van der Waals surface area contributed by atoms with Gasteiger partial charge in [-0.15, -0.1) is 0 Å². The Kier molecular flexibility index (Phi) is 6.52. The molecule has 5 nitrogen and oxygen atoms in total. The van der Waals surface area contributed by atoms with Gasteiger partial charge < -0.3 is 15.2 Å². The van der Waals surface area contributed by atoms with Crippen LogP contribution in [0.4, 0.5) is 0 Å². The Morgan fingerprint density at radius 2 is 1.81 bits per heavy atom. The van der Waals surface area contributed by atoms with E-state index in [0.717, 1.165) is 16.7 Å². The molecule has 2 N–H and O–H groups in total. The minimum absolute atomic E-state index is 0.0535. The van der Waals surface area contributed by atoms with E-state index >= 15 is 0 Å². The van der Waals surface area contributed by atoms with Gasteiger partial charge in [-0.25, -0.2) is 0 Å². The van der Waals surface area contributed by atoms with Gasteiger partial charge in [0.05, 0.1) is 26.2 Å². The number of ketones is 1. The molecule has 116 valence electrons. The molecule has 0 saturated heterocycles. The highest BCUT2D eigenvalue weighted by Gasteiger charge is 2.25. The number of hydrogen-bond acceptors (Lipinski definition) is 5. The Balaban J connectivity index is 3.07. The second-order valence-corrected chi connectivity index (χ2v) is 5.15. The minimum atomic E-state index is -0.690. The highest BCUT2D eigenvalue weighted by molar-refractivity contribution is 6.04. The monoisotopic (exact) mass is 293 g/mol. The Morgan fingerprint density at radius 3 is 2.29 bits per heavy atom. The molecule has 1 aromatic carbocycles. The van der Waals surface area contributed by atoms with Crippen LogP contribution in [0, 0.1) is 20.8 Å². The number of ether oxygens (including phenoxy) is 1. The maximum atomic E-state index is 12.7. The molecule has 0 aromatic heterocycles. The van der Waals surface area contributed by atoms with Crippen molar-refractivity contribution in [3.63, 3.8) is 0 Å². The van der Waals surface area contributed by atoms with Crippen LogP contribution < -0.4 is 5.32 Å². The van der Waals surface area contributed by atoms with Crippen molar-refractivity contribution in [2.45, 2.75) is 33.2 Å². The number of Topliss-reactive ketones (excluding diaryl/α,β-unsaturated/α-hetero) is 1. The third-order valence-electron chi connectivity index (χ3n) is 3.34. The molecule has 0 spiro atoms. The molecule has 21 heavy (non-hydrogen) atoms. The average Bonchev–Trinajstić information content (AvgIpc) is 2.41. The lowest BCUT2D eigenvalue weighted by molar-refractivity contribution is -0.141. The Morgan fingerprint density at radius 1 is 1.24 bits per heavy atom. The summed E-state index contributed by atoms with van der Waals surface area (Å²) in [4.78, 5) is 24.2. The number of benzene rings is 1. The van der Waals surface area contributed by atoms with Gasteiger partial charge in [0.2, 0.25) is 0 Å². The summed E-state index contributed by atoms with van der Waals surface area (Å²) in [6.45, 7) is 5.89. The topological polar surface area (TPSA) is 75.6 Å². The highest BCUT2D eigenvalue weighted by atomic mass is 16.5. The van der Waals surface area contributed by atoms with Crippen molar-refractivity contribution in [2.75, 3.05) is 20.3 Å². The Bertz CT molecular complexity index is 502. The number of hydrogen-bond donors (Lipinski definition) is 2. The summed E-state index contributed by atoms with van der Waals surface area (Å²) >= 11 is 0. The van der Waals surface area contributed by atoms with Gasteiger partial charge in [-0.1, -0.05) is 17.7 Å². The van der Waals surface area contributed by atoms with E-state index in [2.05, 4.69) is 10.1 Å². The van der Waals surface area contributed by atoms with Crippen LogP contribution in [0.3, 0.4) is 0 Å². The lowest BCUT2D eigenvalue weighted by atomic mass is 9.92. The number of rotatable bonds is 7. The molecule has 0 bridgehead atoms. The lowest BCUT2D eigenvalue weighted by Gasteiger charge is -2.19. The zero-order valence-electron chi connectivity index (χ0n) is 13.0. The molecule has 1 rings (SSSR count). The van der Waals surface area contributed by atoms with Crippen LogP contribution in [0.15, 0.2) is 12.1 Å². The maximum Gasteiger partial charge on any atom is 0.307 e. The molecule has 1 unspecified atom stereocenters. The Hall–Kier alpha value is -1.72. The normalized spacial score (nSPS) is 12.0. The van der Waals surface area contributed by atoms with E-state index in [1.807, 2.05) is 32.9 Å². The average molecular weight is 293 g/mol. The van der Waals surface area contributed by atoms with Crippen LogP contribution in [0.25, 0.3) is 0 Å². The zero-order valence-corrected chi connectivity index (χ0v) is 13.0. The quantitative estimate of drug-likeness (QED) is 0.585. The summed E-state index contributed by atoms with van der Waals surface area (Å²) in [5, 5.41) is 11.8. The van der Waals surface area contributed by atoms with E-state index in [-0.39, 0.29) is 25.4 Å². The van der Waals surface area contributed by atoms with Gasteiger partial charge in [-0.2, -0.15) is 0 Å². The van der Waals surface area contributed by atoms with Gasteiger partial charge in [0.1, 0.15) is 0 Å². The first kappa shape index (κ1) is 17.3. The van der Waals surface area contributed by atoms with E-state index in [9.17, 15) is 9.59 Å². The number of carbonyl (C=O) groups excluding carboxylic acids is 2. The third kappa shape index (κ3) is 4.65. The van der Waals surface area contributed by atoms with Crippen LogP contribution in [0.1, 0.15) is 33.5 Å². The number of aliphatic hydroxyl groups is 1. The fourth-order valence-electron chi connectivity index (χ4n) is 2.49. The molecule has 0 amide bonds. The van der Waals surface area contributed by atoms with Crippen molar-refractivity contribution in [3.8, 4) is 0 Å². The Labute approximate surface area is 125 Å². The molecule has 0 heterocycles. The van der Waals surface area contributed by atoms with Crippen molar-refractivity contribution in [1.82, 2.24) is 5.32 Å². The van der Waals surface area contributed by atoms with Crippen molar-refractivity contribution in [2.24, 2.45) is 0 Å². The summed E-state index contributed by atoms with van der Waals surface area (Å²) in [6, 6.07) is 3.20.